The summed E-state index contributed by atoms with van der Waals surface area (Å²) in [7, 11) is 0. The van der Waals surface area contributed by atoms with Crippen LogP contribution in [0.1, 0.15) is 28.4 Å². The molecule has 0 aromatic heterocycles. The van der Waals surface area contributed by atoms with Crippen LogP contribution < -0.4 is 4.74 Å². The van der Waals surface area contributed by atoms with Crippen LogP contribution in [-0.4, -0.2) is 16.8 Å². The molecule has 110 valence electrons. The summed E-state index contributed by atoms with van der Waals surface area (Å²) in [4.78, 5) is 12.3. The Morgan fingerprint density at radius 1 is 1.19 bits per heavy atom. The molecular weight excluding hydrogens is 284 g/mol. The Morgan fingerprint density at radius 2 is 1.86 bits per heavy atom. The number of aryl methyl sites for hydroxylation is 2. The van der Waals surface area contributed by atoms with Crippen molar-refractivity contribution in [2.24, 2.45) is 0 Å². The Hall–Kier alpha value is -1.94. The second kappa shape index (κ2) is 6.68. The largest absolute Gasteiger partial charge is 0.478 e. The van der Waals surface area contributed by atoms with E-state index in [-0.39, 0.29) is 5.56 Å². The van der Waals surface area contributed by atoms with Crippen molar-refractivity contribution in [3.63, 3.8) is 0 Å². The van der Waals surface area contributed by atoms with E-state index in [9.17, 15) is 9.90 Å². The molecule has 0 saturated carbocycles. The van der Waals surface area contributed by atoms with Crippen molar-refractivity contribution in [2.45, 2.75) is 25.7 Å². The highest BCUT2D eigenvalue weighted by molar-refractivity contribution is 7.99. The number of carboxylic acids is 1. The Morgan fingerprint density at radius 3 is 2.43 bits per heavy atom. The van der Waals surface area contributed by atoms with Gasteiger partial charge in [-0.3, -0.25) is 0 Å². The Balaban J connectivity index is 2.43. The van der Waals surface area contributed by atoms with Gasteiger partial charge in [0, 0.05) is 4.90 Å². The van der Waals surface area contributed by atoms with Gasteiger partial charge >= 0.3 is 5.97 Å². The van der Waals surface area contributed by atoms with E-state index in [2.05, 4.69) is 0 Å². The van der Waals surface area contributed by atoms with Crippen molar-refractivity contribution in [2.75, 3.05) is 5.75 Å². The van der Waals surface area contributed by atoms with Gasteiger partial charge in [0.05, 0.1) is 0 Å². The van der Waals surface area contributed by atoms with Gasteiger partial charge in [-0.2, -0.15) is 0 Å². The first-order valence-electron chi connectivity index (χ1n) is 6.76. The van der Waals surface area contributed by atoms with Crippen LogP contribution in [0.2, 0.25) is 0 Å². The Kier molecular flexibility index (Phi) is 4.91. The molecule has 2 aromatic rings. The molecule has 1 N–H and O–H groups in total. The van der Waals surface area contributed by atoms with Crippen LogP contribution in [-0.2, 0) is 0 Å². The number of carbonyl (C=O) groups is 1. The molecule has 0 radical (unpaired) electrons. The molecule has 0 aliphatic rings. The number of hydrogen-bond acceptors (Lipinski definition) is 3. The van der Waals surface area contributed by atoms with Crippen LogP contribution in [0.25, 0.3) is 0 Å². The maximum absolute atomic E-state index is 11.5. The van der Waals surface area contributed by atoms with Gasteiger partial charge in [-0.1, -0.05) is 19.1 Å². The standard InChI is InChI=1S/C17H18O3S/c1-4-21-15-7-5-6-14(16(15)17(18)19)20-13-9-11(2)8-12(3)10-13/h5-10H,4H2,1-3H3,(H,18,19). The Labute approximate surface area is 129 Å². The van der Waals surface area contributed by atoms with Crippen molar-refractivity contribution >= 4 is 17.7 Å². The Bertz CT molecular complexity index is 645. The lowest BCUT2D eigenvalue weighted by atomic mass is 10.1. The van der Waals surface area contributed by atoms with E-state index in [0.29, 0.717) is 11.5 Å². The summed E-state index contributed by atoms with van der Waals surface area (Å²) in [6.45, 7) is 5.97. The van der Waals surface area contributed by atoms with Gasteiger partial charge in [0.1, 0.15) is 17.1 Å². The van der Waals surface area contributed by atoms with Crippen molar-refractivity contribution < 1.29 is 14.6 Å². The van der Waals surface area contributed by atoms with Crippen molar-refractivity contribution in [3.8, 4) is 11.5 Å². The van der Waals surface area contributed by atoms with E-state index in [1.54, 1.807) is 6.07 Å². The minimum absolute atomic E-state index is 0.225. The van der Waals surface area contributed by atoms with Crippen LogP contribution >= 0.6 is 11.8 Å². The fraction of sp³-hybridized carbons (Fsp3) is 0.235. The molecule has 0 heterocycles. The molecule has 2 rings (SSSR count). The van der Waals surface area contributed by atoms with E-state index in [0.717, 1.165) is 21.8 Å². The van der Waals surface area contributed by atoms with Crippen LogP contribution in [0.5, 0.6) is 11.5 Å². The first-order chi connectivity index (χ1) is 10.0. The number of aromatic carboxylic acids is 1. The molecule has 0 aliphatic heterocycles. The third kappa shape index (κ3) is 3.79. The van der Waals surface area contributed by atoms with E-state index >= 15 is 0 Å². The minimum atomic E-state index is -0.967. The normalized spacial score (nSPS) is 10.4. The lowest BCUT2D eigenvalue weighted by Crippen LogP contribution is -2.02. The van der Waals surface area contributed by atoms with Crippen LogP contribution in [0.4, 0.5) is 0 Å². The highest BCUT2D eigenvalue weighted by atomic mass is 32.2. The molecule has 0 fully saturated rings. The maximum Gasteiger partial charge on any atom is 0.340 e. The number of hydrogen-bond donors (Lipinski definition) is 1. The molecule has 0 amide bonds. The highest BCUT2D eigenvalue weighted by Crippen LogP contribution is 2.33. The van der Waals surface area contributed by atoms with E-state index in [1.807, 2.05) is 51.1 Å². The quantitative estimate of drug-likeness (QED) is 0.797. The summed E-state index contributed by atoms with van der Waals surface area (Å²) in [5, 5.41) is 9.47. The zero-order valence-corrected chi connectivity index (χ0v) is 13.2. The molecule has 3 nitrogen and oxygen atoms in total. The number of thioether (sulfide) groups is 1. The predicted octanol–water partition coefficient (Wildman–Crippen LogP) is 4.91. The summed E-state index contributed by atoms with van der Waals surface area (Å²) in [6, 6.07) is 11.2. The molecule has 4 heteroatoms. The second-order valence-corrected chi connectivity index (χ2v) is 6.10. The fourth-order valence-electron chi connectivity index (χ4n) is 2.20. The summed E-state index contributed by atoms with van der Waals surface area (Å²) < 4.78 is 5.83. The number of ether oxygens (including phenoxy) is 1. The number of carboxylic acid groups (broad SMARTS) is 1. The van der Waals surface area contributed by atoms with Crippen molar-refractivity contribution in [3.05, 3.63) is 53.1 Å². The molecule has 0 bridgehead atoms. The van der Waals surface area contributed by atoms with E-state index < -0.39 is 5.97 Å². The van der Waals surface area contributed by atoms with Gasteiger partial charge in [-0.25, -0.2) is 4.79 Å². The molecule has 0 spiro atoms. The van der Waals surface area contributed by atoms with Gasteiger partial charge in [-0.15, -0.1) is 11.8 Å². The smallest absolute Gasteiger partial charge is 0.340 e. The van der Waals surface area contributed by atoms with Gasteiger partial charge in [0.25, 0.3) is 0 Å². The van der Waals surface area contributed by atoms with Crippen molar-refractivity contribution in [1.29, 1.82) is 0 Å². The highest BCUT2D eigenvalue weighted by Gasteiger charge is 2.17. The van der Waals surface area contributed by atoms with Crippen LogP contribution in [0, 0.1) is 13.8 Å². The lowest BCUT2D eigenvalue weighted by Gasteiger charge is -2.13. The fourth-order valence-corrected chi connectivity index (χ4v) is 3.02. The summed E-state index contributed by atoms with van der Waals surface area (Å²) >= 11 is 1.50. The van der Waals surface area contributed by atoms with Gasteiger partial charge in [0.15, 0.2) is 0 Å². The minimum Gasteiger partial charge on any atom is -0.478 e. The summed E-state index contributed by atoms with van der Waals surface area (Å²) in [6.07, 6.45) is 0. The molecule has 0 aliphatic carbocycles. The van der Waals surface area contributed by atoms with Crippen LogP contribution in [0.3, 0.4) is 0 Å². The lowest BCUT2D eigenvalue weighted by molar-refractivity contribution is 0.0690. The van der Waals surface area contributed by atoms with Gasteiger partial charge < -0.3 is 9.84 Å². The average molecular weight is 302 g/mol. The first-order valence-corrected chi connectivity index (χ1v) is 7.75. The molecular formula is C17H18O3S. The first kappa shape index (κ1) is 15.4. The monoisotopic (exact) mass is 302 g/mol. The van der Waals surface area contributed by atoms with Crippen LogP contribution in [0.15, 0.2) is 41.3 Å². The number of rotatable bonds is 5. The zero-order chi connectivity index (χ0) is 15.4. The number of benzene rings is 2. The van der Waals surface area contributed by atoms with E-state index in [1.165, 1.54) is 11.8 Å². The molecule has 2 aromatic carbocycles. The molecule has 0 atom stereocenters. The third-order valence-electron chi connectivity index (χ3n) is 2.92. The maximum atomic E-state index is 11.5. The summed E-state index contributed by atoms with van der Waals surface area (Å²) in [5.41, 5.74) is 2.39. The van der Waals surface area contributed by atoms with Gasteiger partial charge in [-0.05, 0) is 55.0 Å². The van der Waals surface area contributed by atoms with Crippen molar-refractivity contribution in [1.82, 2.24) is 0 Å². The summed E-state index contributed by atoms with van der Waals surface area (Å²) in [5.74, 6) is 0.887. The van der Waals surface area contributed by atoms with E-state index in [4.69, 9.17) is 4.74 Å². The molecule has 21 heavy (non-hydrogen) atoms. The average Bonchev–Trinajstić information content (AvgIpc) is 2.37. The topological polar surface area (TPSA) is 46.5 Å². The molecule has 0 unspecified atom stereocenters. The SMILES string of the molecule is CCSc1cccc(Oc2cc(C)cc(C)c2)c1C(=O)O. The third-order valence-corrected chi connectivity index (χ3v) is 3.86. The predicted molar refractivity (Wildman–Crippen MR) is 85.8 cm³/mol. The second-order valence-electron chi connectivity index (χ2n) is 4.79. The molecule has 0 saturated heterocycles. The zero-order valence-electron chi connectivity index (χ0n) is 12.3. The van der Waals surface area contributed by atoms with Gasteiger partial charge in [0.2, 0.25) is 0 Å².